The maximum atomic E-state index is 11.9. The van der Waals surface area contributed by atoms with Crippen molar-refractivity contribution in [3.05, 3.63) is 57.2 Å². The van der Waals surface area contributed by atoms with E-state index in [-0.39, 0.29) is 5.91 Å². The number of rotatable bonds is 6. The van der Waals surface area contributed by atoms with Crippen molar-refractivity contribution in [2.45, 2.75) is 18.9 Å². The quantitative estimate of drug-likeness (QED) is 0.862. The molecule has 3 nitrogen and oxygen atoms in total. The molecule has 0 aliphatic carbocycles. The first kappa shape index (κ1) is 15.0. The smallest absolute Gasteiger partial charge is 0.237 e. The van der Waals surface area contributed by atoms with Gasteiger partial charge in [-0.25, -0.2) is 0 Å². The summed E-state index contributed by atoms with van der Waals surface area (Å²) < 4.78 is 0.770. The highest BCUT2D eigenvalue weighted by Gasteiger charge is 2.13. The Morgan fingerprint density at radius 1 is 1.25 bits per heavy atom. The topological polar surface area (TPSA) is 55.1 Å². The van der Waals surface area contributed by atoms with E-state index in [1.165, 1.54) is 11.3 Å². The zero-order valence-corrected chi connectivity index (χ0v) is 12.6. The normalized spacial score (nSPS) is 12.1. The number of halogens is 1. The summed E-state index contributed by atoms with van der Waals surface area (Å²) in [5.41, 5.74) is 6.97. The average molecular weight is 309 g/mol. The lowest BCUT2D eigenvalue weighted by molar-refractivity contribution is -0.122. The molecule has 0 aliphatic rings. The molecule has 20 heavy (non-hydrogen) atoms. The molecular formula is C15H17ClN2OS. The van der Waals surface area contributed by atoms with E-state index in [0.717, 1.165) is 21.2 Å². The molecule has 1 aromatic carbocycles. The van der Waals surface area contributed by atoms with Crippen LogP contribution in [-0.4, -0.2) is 18.5 Å². The summed E-state index contributed by atoms with van der Waals surface area (Å²) in [4.78, 5) is 13.0. The second kappa shape index (κ2) is 7.43. The number of nitrogens with two attached hydrogens (primary N) is 1. The van der Waals surface area contributed by atoms with E-state index in [0.29, 0.717) is 13.0 Å². The zero-order chi connectivity index (χ0) is 14.4. The van der Waals surface area contributed by atoms with Gasteiger partial charge in [0.2, 0.25) is 5.91 Å². The molecule has 2 aromatic rings. The summed E-state index contributed by atoms with van der Waals surface area (Å²) >= 11 is 7.39. The number of hydrogen-bond donors (Lipinski definition) is 2. The van der Waals surface area contributed by atoms with Gasteiger partial charge in [-0.05, 0) is 30.5 Å². The molecule has 0 saturated carbocycles. The van der Waals surface area contributed by atoms with Crippen molar-refractivity contribution >= 4 is 28.8 Å². The van der Waals surface area contributed by atoms with Crippen LogP contribution in [0.3, 0.4) is 0 Å². The predicted molar refractivity (Wildman–Crippen MR) is 84.2 cm³/mol. The van der Waals surface area contributed by atoms with Crippen molar-refractivity contribution < 1.29 is 4.79 Å². The predicted octanol–water partition coefficient (Wildman–Crippen LogP) is 2.63. The van der Waals surface area contributed by atoms with Gasteiger partial charge in [0, 0.05) is 11.4 Å². The molecular weight excluding hydrogens is 292 g/mol. The van der Waals surface area contributed by atoms with Gasteiger partial charge in [0.15, 0.2) is 0 Å². The van der Waals surface area contributed by atoms with Gasteiger partial charge in [-0.15, -0.1) is 11.3 Å². The van der Waals surface area contributed by atoms with Crippen molar-refractivity contribution in [3.63, 3.8) is 0 Å². The number of carbonyl (C=O) groups excluding carboxylic acids is 1. The van der Waals surface area contributed by atoms with Crippen LogP contribution >= 0.6 is 22.9 Å². The van der Waals surface area contributed by atoms with Gasteiger partial charge in [0.1, 0.15) is 0 Å². The average Bonchev–Trinajstić information content (AvgIpc) is 2.85. The van der Waals surface area contributed by atoms with Gasteiger partial charge < -0.3 is 11.1 Å². The second-order valence-electron chi connectivity index (χ2n) is 4.54. The molecule has 1 atom stereocenters. The molecule has 1 heterocycles. The summed E-state index contributed by atoms with van der Waals surface area (Å²) in [6.07, 6.45) is 1.33. The first-order valence-electron chi connectivity index (χ1n) is 6.46. The van der Waals surface area contributed by atoms with Crippen molar-refractivity contribution in [3.8, 4) is 0 Å². The van der Waals surface area contributed by atoms with E-state index in [1.807, 2.05) is 42.5 Å². The van der Waals surface area contributed by atoms with E-state index in [2.05, 4.69) is 5.32 Å². The number of benzene rings is 1. The van der Waals surface area contributed by atoms with E-state index < -0.39 is 6.04 Å². The van der Waals surface area contributed by atoms with Crippen LogP contribution in [0.4, 0.5) is 0 Å². The highest BCUT2D eigenvalue weighted by Crippen LogP contribution is 2.21. The summed E-state index contributed by atoms with van der Waals surface area (Å²) in [5, 5.41) is 2.86. The van der Waals surface area contributed by atoms with Crippen LogP contribution in [0.5, 0.6) is 0 Å². The molecule has 0 aliphatic heterocycles. The Morgan fingerprint density at radius 2 is 2.00 bits per heavy atom. The van der Waals surface area contributed by atoms with Crippen LogP contribution in [0.25, 0.3) is 0 Å². The standard InChI is InChI=1S/C15H17ClN2OS/c16-14-7-6-12(20-14)8-9-18-15(19)13(17)10-11-4-2-1-3-5-11/h1-7,13H,8-10,17H2,(H,18,19)/t13-/m0/s1. The Labute approximate surface area is 127 Å². The molecule has 0 unspecified atom stereocenters. The zero-order valence-electron chi connectivity index (χ0n) is 11.0. The third kappa shape index (κ3) is 4.63. The Morgan fingerprint density at radius 3 is 2.65 bits per heavy atom. The van der Waals surface area contributed by atoms with Gasteiger partial charge in [0.05, 0.1) is 10.4 Å². The minimum Gasteiger partial charge on any atom is -0.354 e. The maximum Gasteiger partial charge on any atom is 0.237 e. The molecule has 0 radical (unpaired) electrons. The monoisotopic (exact) mass is 308 g/mol. The van der Waals surface area contributed by atoms with Crippen LogP contribution in [0, 0.1) is 0 Å². The van der Waals surface area contributed by atoms with Crippen LogP contribution in [0.1, 0.15) is 10.4 Å². The van der Waals surface area contributed by atoms with E-state index in [4.69, 9.17) is 17.3 Å². The minimum absolute atomic E-state index is 0.114. The molecule has 1 aromatic heterocycles. The fourth-order valence-electron chi connectivity index (χ4n) is 1.89. The van der Waals surface area contributed by atoms with E-state index >= 15 is 0 Å². The number of amides is 1. The lowest BCUT2D eigenvalue weighted by Crippen LogP contribution is -2.42. The van der Waals surface area contributed by atoms with Crippen LogP contribution in [-0.2, 0) is 17.6 Å². The summed E-state index contributed by atoms with van der Waals surface area (Å²) in [7, 11) is 0. The first-order valence-corrected chi connectivity index (χ1v) is 7.66. The number of carbonyl (C=O) groups is 1. The molecule has 5 heteroatoms. The SMILES string of the molecule is N[C@@H](Cc1ccccc1)C(=O)NCCc1ccc(Cl)s1. The summed E-state index contributed by atoms with van der Waals surface area (Å²) in [5.74, 6) is -0.114. The molecule has 0 saturated heterocycles. The Bertz CT molecular complexity index is 556. The second-order valence-corrected chi connectivity index (χ2v) is 6.34. The molecule has 2 rings (SSSR count). The fourth-order valence-corrected chi connectivity index (χ4v) is 2.97. The van der Waals surface area contributed by atoms with Crippen LogP contribution in [0.2, 0.25) is 4.34 Å². The van der Waals surface area contributed by atoms with Crippen molar-refractivity contribution in [1.29, 1.82) is 0 Å². The molecule has 0 bridgehead atoms. The molecule has 1 amide bonds. The molecule has 0 fully saturated rings. The third-order valence-corrected chi connectivity index (χ3v) is 4.23. The Kier molecular flexibility index (Phi) is 5.59. The molecule has 106 valence electrons. The Balaban J connectivity index is 1.74. The van der Waals surface area contributed by atoms with Crippen LogP contribution < -0.4 is 11.1 Å². The van der Waals surface area contributed by atoms with Gasteiger partial charge >= 0.3 is 0 Å². The van der Waals surface area contributed by atoms with Gasteiger partial charge in [-0.1, -0.05) is 41.9 Å². The lowest BCUT2D eigenvalue weighted by atomic mass is 10.1. The van der Waals surface area contributed by atoms with Gasteiger partial charge in [-0.2, -0.15) is 0 Å². The fraction of sp³-hybridized carbons (Fsp3) is 0.267. The Hall–Kier alpha value is -1.36. The van der Waals surface area contributed by atoms with E-state index in [1.54, 1.807) is 0 Å². The van der Waals surface area contributed by atoms with E-state index in [9.17, 15) is 4.79 Å². The third-order valence-electron chi connectivity index (χ3n) is 2.93. The van der Waals surface area contributed by atoms with Gasteiger partial charge in [-0.3, -0.25) is 4.79 Å². The van der Waals surface area contributed by atoms with Crippen LogP contribution in [0.15, 0.2) is 42.5 Å². The number of nitrogens with one attached hydrogen (secondary N) is 1. The highest BCUT2D eigenvalue weighted by molar-refractivity contribution is 7.16. The molecule has 0 spiro atoms. The number of hydrogen-bond acceptors (Lipinski definition) is 3. The highest BCUT2D eigenvalue weighted by atomic mass is 35.5. The van der Waals surface area contributed by atoms with Crippen molar-refractivity contribution in [2.24, 2.45) is 5.73 Å². The van der Waals surface area contributed by atoms with Crippen molar-refractivity contribution in [2.75, 3.05) is 6.54 Å². The largest absolute Gasteiger partial charge is 0.354 e. The minimum atomic E-state index is -0.510. The summed E-state index contributed by atoms with van der Waals surface area (Å²) in [6, 6.07) is 13.1. The first-order chi connectivity index (χ1) is 9.65. The molecule has 3 N–H and O–H groups in total. The lowest BCUT2D eigenvalue weighted by Gasteiger charge is -2.12. The number of thiophene rings is 1. The summed E-state index contributed by atoms with van der Waals surface area (Å²) in [6.45, 7) is 0.582. The van der Waals surface area contributed by atoms with Gasteiger partial charge in [0.25, 0.3) is 0 Å². The van der Waals surface area contributed by atoms with Crippen molar-refractivity contribution in [1.82, 2.24) is 5.32 Å². The maximum absolute atomic E-state index is 11.9.